The highest BCUT2D eigenvalue weighted by Crippen LogP contribution is 2.30. The Morgan fingerprint density at radius 1 is 1.33 bits per heavy atom. The largest absolute Gasteiger partial charge is 0.363 e. The van der Waals surface area contributed by atoms with Gasteiger partial charge in [-0.1, -0.05) is 5.16 Å². The molecule has 0 saturated carbocycles. The molecule has 1 fully saturated rings. The summed E-state index contributed by atoms with van der Waals surface area (Å²) in [6, 6.07) is 8.47. The van der Waals surface area contributed by atoms with E-state index >= 15 is 0 Å². The molecule has 0 spiro atoms. The predicted molar refractivity (Wildman–Crippen MR) is 86.5 cm³/mol. The minimum Gasteiger partial charge on any atom is -0.363 e. The van der Waals surface area contributed by atoms with Gasteiger partial charge >= 0.3 is 0 Å². The lowest BCUT2D eigenvalue weighted by atomic mass is 10.1. The van der Waals surface area contributed by atoms with Crippen LogP contribution in [-0.2, 0) is 6.54 Å². The number of rotatable bonds is 4. The molecule has 1 saturated heterocycles. The van der Waals surface area contributed by atoms with Crippen LogP contribution in [0.15, 0.2) is 28.8 Å². The summed E-state index contributed by atoms with van der Waals surface area (Å²) in [4.78, 5) is 15.1. The Bertz CT molecular complexity index is 787. The number of anilines is 1. The molecule has 0 unspecified atom stereocenters. The van der Waals surface area contributed by atoms with Gasteiger partial charge in [0.15, 0.2) is 0 Å². The molecular weight excluding hydrogens is 310 g/mol. The molecule has 8 heteroatoms. The van der Waals surface area contributed by atoms with Crippen molar-refractivity contribution in [3.05, 3.63) is 51.4 Å². The summed E-state index contributed by atoms with van der Waals surface area (Å²) in [5.74, 6) is 0.789. The molecule has 1 aromatic carbocycles. The molecule has 0 N–H and O–H groups in total. The zero-order valence-corrected chi connectivity index (χ0v) is 13.3. The van der Waals surface area contributed by atoms with Gasteiger partial charge in [-0.25, -0.2) is 0 Å². The number of hydrogen-bond donors (Lipinski definition) is 0. The van der Waals surface area contributed by atoms with Crippen LogP contribution in [0.2, 0.25) is 0 Å². The van der Waals surface area contributed by atoms with Crippen molar-refractivity contribution in [1.82, 2.24) is 10.1 Å². The van der Waals surface area contributed by atoms with Crippen LogP contribution in [0.25, 0.3) is 0 Å². The molecule has 0 amide bonds. The van der Waals surface area contributed by atoms with Crippen LogP contribution >= 0.6 is 0 Å². The summed E-state index contributed by atoms with van der Waals surface area (Å²) >= 11 is 0. The van der Waals surface area contributed by atoms with Crippen molar-refractivity contribution < 1.29 is 9.45 Å². The van der Waals surface area contributed by atoms with Gasteiger partial charge in [-0.2, -0.15) is 5.26 Å². The minimum absolute atomic E-state index is 0.0189. The van der Waals surface area contributed by atoms with Crippen LogP contribution < -0.4 is 4.90 Å². The van der Waals surface area contributed by atoms with E-state index < -0.39 is 4.92 Å². The fourth-order valence-corrected chi connectivity index (χ4v) is 2.88. The lowest BCUT2D eigenvalue weighted by Gasteiger charge is -2.35. The fraction of sp³-hybridized carbons (Fsp3) is 0.375. The van der Waals surface area contributed by atoms with E-state index in [1.165, 1.54) is 6.07 Å². The number of nitro benzene ring substituents is 1. The molecule has 1 aliphatic heterocycles. The molecule has 2 heterocycles. The summed E-state index contributed by atoms with van der Waals surface area (Å²) in [6.07, 6.45) is 0. The van der Waals surface area contributed by atoms with Crippen molar-refractivity contribution in [3.63, 3.8) is 0 Å². The molecule has 1 aliphatic rings. The maximum absolute atomic E-state index is 11.3. The highest BCUT2D eigenvalue weighted by atomic mass is 16.6. The zero-order valence-electron chi connectivity index (χ0n) is 13.3. The molecule has 8 nitrogen and oxygen atoms in total. The second-order valence-electron chi connectivity index (χ2n) is 5.76. The molecule has 0 aliphatic carbocycles. The van der Waals surface area contributed by atoms with Crippen LogP contribution in [0, 0.1) is 28.4 Å². The molecule has 124 valence electrons. The van der Waals surface area contributed by atoms with Crippen molar-refractivity contribution in [2.24, 2.45) is 0 Å². The molecule has 3 rings (SSSR count). The maximum atomic E-state index is 11.3. The topological polar surface area (TPSA) is 99.4 Å². The Hall–Kier alpha value is -2.92. The number of hydrogen-bond acceptors (Lipinski definition) is 7. The van der Waals surface area contributed by atoms with E-state index in [9.17, 15) is 10.1 Å². The molecule has 24 heavy (non-hydrogen) atoms. The number of nitriles is 1. The molecule has 0 atom stereocenters. The van der Waals surface area contributed by atoms with E-state index in [1.807, 2.05) is 24.0 Å². The standard InChI is InChI=1S/C16H17N5O3/c1-12-8-14(18-24-12)11-19-4-6-20(7-5-19)15-3-2-13(10-17)9-16(15)21(22)23/h2-3,8-9H,4-7,11H2,1H3. The highest BCUT2D eigenvalue weighted by Gasteiger charge is 2.24. The van der Waals surface area contributed by atoms with E-state index in [2.05, 4.69) is 10.1 Å². The Labute approximate surface area is 139 Å². The lowest BCUT2D eigenvalue weighted by Crippen LogP contribution is -2.46. The molecular formula is C16H17N5O3. The van der Waals surface area contributed by atoms with E-state index in [4.69, 9.17) is 9.78 Å². The third kappa shape index (κ3) is 3.36. The van der Waals surface area contributed by atoms with Gasteiger partial charge in [0.25, 0.3) is 5.69 Å². The first kappa shape index (κ1) is 16.0. The van der Waals surface area contributed by atoms with Crippen molar-refractivity contribution >= 4 is 11.4 Å². The zero-order chi connectivity index (χ0) is 17.1. The Kier molecular flexibility index (Phi) is 4.44. The second kappa shape index (κ2) is 6.68. The van der Waals surface area contributed by atoms with Crippen LogP contribution in [-0.4, -0.2) is 41.2 Å². The summed E-state index contributed by atoms with van der Waals surface area (Å²) < 4.78 is 5.07. The van der Waals surface area contributed by atoms with Crippen molar-refractivity contribution in [2.75, 3.05) is 31.1 Å². The average molecular weight is 327 g/mol. The Morgan fingerprint density at radius 3 is 2.67 bits per heavy atom. The molecule has 0 bridgehead atoms. The summed E-state index contributed by atoms with van der Waals surface area (Å²) in [5, 5.41) is 24.2. The first-order valence-electron chi connectivity index (χ1n) is 7.65. The number of nitrogens with zero attached hydrogens (tertiary/aromatic N) is 5. The van der Waals surface area contributed by atoms with Crippen molar-refractivity contribution in [2.45, 2.75) is 13.5 Å². The molecule has 0 radical (unpaired) electrons. The number of benzene rings is 1. The van der Waals surface area contributed by atoms with Gasteiger partial charge in [0.2, 0.25) is 0 Å². The quantitative estimate of drug-likeness (QED) is 0.626. The third-order valence-corrected chi connectivity index (χ3v) is 4.08. The summed E-state index contributed by atoms with van der Waals surface area (Å²) in [7, 11) is 0. The number of piperazine rings is 1. The van der Waals surface area contributed by atoms with Gasteiger partial charge in [-0.3, -0.25) is 15.0 Å². The first-order valence-corrected chi connectivity index (χ1v) is 7.65. The molecule has 1 aromatic heterocycles. The van der Waals surface area contributed by atoms with E-state index in [-0.39, 0.29) is 5.69 Å². The number of aromatic nitrogens is 1. The van der Waals surface area contributed by atoms with Gasteiger partial charge in [0.05, 0.1) is 22.2 Å². The first-order chi connectivity index (χ1) is 11.6. The number of nitro groups is 1. The average Bonchev–Trinajstić information content (AvgIpc) is 3.00. The van der Waals surface area contributed by atoms with Crippen molar-refractivity contribution in [1.29, 1.82) is 5.26 Å². The highest BCUT2D eigenvalue weighted by molar-refractivity contribution is 5.65. The van der Waals surface area contributed by atoms with Crippen LogP contribution in [0.4, 0.5) is 11.4 Å². The normalized spacial score (nSPS) is 15.2. The fourth-order valence-electron chi connectivity index (χ4n) is 2.88. The van der Waals surface area contributed by atoms with Gasteiger partial charge in [-0.15, -0.1) is 0 Å². The van der Waals surface area contributed by atoms with E-state index in [0.29, 0.717) is 30.9 Å². The van der Waals surface area contributed by atoms with Crippen LogP contribution in [0.5, 0.6) is 0 Å². The predicted octanol–water partition coefficient (Wildman–Crippen LogP) is 2.09. The second-order valence-corrected chi connectivity index (χ2v) is 5.76. The van der Waals surface area contributed by atoms with Gasteiger partial charge in [0, 0.05) is 44.9 Å². The van der Waals surface area contributed by atoms with E-state index in [0.717, 1.165) is 24.5 Å². The summed E-state index contributed by atoms with van der Waals surface area (Å²) in [6.45, 7) is 5.50. The third-order valence-electron chi connectivity index (χ3n) is 4.08. The summed E-state index contributed by atoms with van der Waals surface area (Å²) in [5.41, 5.74) is 1.74. The van der Waals surface area contributed by atoms with Gasteiger partial charge in [-0.05, 0) is 19.1 Å². The van der Waals surface area contributed by atoms with Crippen LogP contribution in [0.3, 0.4) is 0 Å². The number of aryl methyl sites for hydroxylation is 1. The van der Waals surface area contributed by atoms with Crippen LogP contribution in [0.1, 0.15) is 17.0 Å². The van der Waals surface area contributed by atoms with Gasteiger partial charge < -0.3 is 9.42 Å². The Morgan fingerprint density at radius 2 is 2.08 bits per heavy atom. The lowest BCUT2D eigenvalue weighted by molar-refractivity contribution is -0.384. The Balaban J connectivity index is 1.68. The SMILES string of the molecule is Cc1cc(CN2CCN(c3ccc(C#N)cc3[N+](=O)[O-])CC2)no1. The monoisotopic (exact) mass is 327 g/mol. The van der Waals surface area contributed by atoms with Crippen molar-refractivity contribution in [3.8, 4) is 6.07 Å². The maximum Gasteiger partial charge on any atom is 0.293 e. The minimum atomic E-state index is -0.430. The van der Waals surface area contributed by atoms with E-state index in [1.54, 1.807) is 12.1 Å². The smallest absolute Gasteiger partial charge is 0.293 e. The molecule has 2 aromatic rings. The van der Waals surface area contributed by atoms with Gasteiger partial charge in [0.1, 0.15) is 11.4 Å².